The van der Waals surface area contributed by atoms with Gasteiger partial charge in [0.15, 0.2) is 9.84 Å². The van der Waals surface area contributed by atoms with Gasteiger partial charge in [0.2, 0.25) is 11.8 Å². The second-order valence-corrected chi connectivity index (χ2v) is 16.0. The van der Waals surface area contributed by atoms with Gasteiger partial charge in [-0.2, -0.15) is 0 Å². The van der Waals surface area contributed by atoms with Gasteiger partial charge >= 0.3 is 6.09 Å². The van der Waals surface area contributed by atoms with Crippen molar-refractivity contribution in [2.75, 3.05) is 25.5 Å². The molecule has 0 bridgehead atoms. The summed E-state index contributed by atoms with van der Waals surface area (Å²) in [6, 6.07) is 31.1. The molecular weight excluding hydrogens is 738 g/mol. The van der Waals surface area contributed by atoms with Crippen molar-refractivity contribution >= 4 is 44.3 Å². The van der Waals surface area contributed by atoms with Gasteiger partial charge in [-0.3, -0.25) is 0 Å². The molecule has 11 nitrogen and oxygen atoms in total. The first kappa shape index (κ1) is 37.7. The number of benzene rings is 4. The van der Waals surface area contributed by atoms with Crippen LogP contribution >= 0.6 is 11.6 Å². The molecule has 1 saturated heterocycles. The highest BCUT2D eigenvalue weighted by atomic mass is 35.5. The van der Waals surface area contributed by atoms with Crippen LogP contribution < -0.4 is 10.1 Å². The van der Waals surface area contributed by atoms with Crippen molar-refractivity contribution in [1.29, 1.82) is 0 Å². The lowest BCUT2D eigenvalue weighted by Crippen LogP contribution is -2.51. The Morgan fingerprint density at radius 3 is 2.47 bits per heavy atom. The fraction of sp³-hybridized carbons (Fsp3) is 0.238. The van der Waals surface area contributed by atoms with Crippen LogP contribution in [0.1, 0.15) is 28.7 Å². The Balaban J connectivity index is 1.09. The molecule has 13 heteroatoms. The Hall–Kier alpha value is -5.56. The average Bonchev–Trinajstić information content (AvgIpc) is 3.19. The summed E-state index contributed by atoms with van der Waals surface area (Å²) >= 11 is 6.00. The Bertz CT molecular complexity index is 2400. The molecule has 1 fully saturated rings. The minimum absolute atomic E-state index is 0.101. The van der Waals surface area contributed by atoms with Crippen LogP contribution in [0.25, 0.3) is 22.0 Å². The Morgan fingerprint density at radius 1 is 0.855 bits per heavy atom. The molecular formula is C42H40ClN5O6S. The number of aromatic nitrogens is 3. The number of likely N-dealkylation sites (tertiary alicyclic amines) is 1. The number of methoxy groups -OCH3 is 1. The van der Waals surface area contributed by atoms with Gasteiger partial charge in [-0.25, -0.2) is 28.2 Å². The molecule has 282 valence electrons. The highest BCUT2D eigenvalue weighted by Gasteiger charge is 2.31. The maximum absolute atomic E-state index is 13.3. The third kappa shape index (κ3) is 9.40. The zero-order valence-corrected chi connectivity index (χ0v) is 32.0. The lowest BCUT2D eigenvalue weighted by Gasteiger charge is -2.36. The molecule has 0 saturated carbocycles. The summed E-state index contributed by atoms with van der Waals surface area (Å²) in [4.78, 5) is 28.6. The van der Waals surface area contributed by atoms with E-state index in [4.69, 9.17) is 30.8 Å². The summed E-state index contributed by atoms with van der Waals surface area (Å²) in [6.45, 7) is 2.91. The normalized spacial score (nSPS) is 15.8. The minimum atomic E-state index is -3.51. The Kier molecular flexibility index (Phi) is 11.6. The number of nitrogens with zero attached hydrogens (tertiary/aromatic N) is 4. The van der Waals surface area contributed by atoms with Crippen LogP contribution in [0.5, 0.6) is 11.6 Å². The van der Waals surface area contributed by atoms with Gasteiger partial charge in [-0.1, -0.05) is 84.4 Å². The van der Waals surface area contributed by atoms with E-state index in [0.29, 0.717) is 64.5 Å². The number of aryl methyl sites for hydroxylation is 1. The molecule has 4 aromatic carbocycles. The van der Waals surface area contributed by atoms with Crippen molar-refractivity contribution in [3.63, 3.8) is 0 Å². The van der Waals surface area contributed by atoms with Crippen molar-refractivity contribution in [2.45, 2.75) is 43.6 Å². The SMILES string of the molecule is COC1CC(Nc2nccc(-c3cccnc3Oc3c(C)ccc4c(CS(=O)(=O)Cc5ccc(Cl)cc5)cccc34)n2)CN(C(=O)OCc2ccccc2)C1. The van der Waals surface area contributed by atoms with Gasteiger partial charge in [0.1, 0.15) is 12.4 Å². The van der Waals surface area contributed by atoms with E-state index in [9.17, 15) is 13.2 Å². The van der Waals surface area contributed by atoms with Crippen LogP contribution in [0.2, 0.25) is 5.02 Å². The van der Waals surface area contributed by atoms with Gasteiger partial charge in [-0.15, -0.1) is 0 Å². The highest BCUT2D eigenvalue weighted by Crippen LogP contribution is 2.38. The predicted molar refractivity (Wildman–Crippen MR) is 213 cm³/mol. The van der Waals surface area contributed by atoms with E-state index in [1.165, 1.54) is 0 Å². The average molecular weight is 778 g/mol. The van der Waals surface area contributed by atoms with Gasteiger partial charge in [0.25, 0.3) is 0 Å². The van der Waals surface area contributed by atoms with Crippen molar-refractivity contribution < 1.29 is 27.4 Å². The summed E-state index contributed by atoms with van der Waals surface area (Å²) in [6.07, 6.45) is 3.32. The number of hydrogen-bond donors (Lipinski definition) is 1. The van der Waals surface area contributed by atoms with E-state index in [2.05, 4.69) is 15.3 Å². The lowest BCUT2D eigenvalue weighted by atomic mass is 10.0. The first-order valence-electron chi connectivity index (χ1n) is 17.8. The second kappa shape index (κ2) is 16.8. The third-order valence-electron chi connectivity index (χ3n) is 9.42. The summed E-state index contributed by atoms with van der Waals surface area (Å²) in [5, 5.41) is 5.48. The monoisotopic (exact) mass is 777 g/mol. The second-order valence-electron chi connectivity index (χ2n) is 13.5. The summed E-state index contributed by atoms with van der Waals surface area (Å²) in [7, 11) is -1.88. The summed E-state index contributed by atoms with van der Waals surface area (Å²) in [5.74, 6) is 1.02. The largest absolute Gasteiger partial charge is 0.445 e. The number of rotatable bonds is 12. The van der Waals surface area contributed by atoms with E-state index < -0.39 is 15.9 Å². The molecule has 0 aliphatic carbocycles. The summed E-state index contributed by atoms with van der Waals surface area (Å²) in [5.41, 5.74) is 4.32. The fourth-order valence-corrected chi connectivity index (χ4v) is 8.35. The quantitative estimate of drug-likeness (QED) is 0.129. The number of nitrogens with one attached hydrogen (secondary N) is 1. The molecule has 2 aromatic heterocycles. The number of halogens is 1. The number of carbonyl (C=O) groups is 1. The van der Waals surface area contributed by atoms with E-state index >= 15 is 0 Å². The maximum atomic E-state index is 13.3. The minimum Gasteiger partial charge on any atom is -0.445 e. The Morgan fingerprint density at radius 2 is 1.67 bits per heavy atom. The van der Waals surface area contributed by atoms with E-state index in [-0.39, 0.29) is 30.3 Å². The number of pyridine rings is 1. The van der Waals surface area contributed by atoms with E-state index in [1.54, 1.807) is 60.8 Å². The predicted octanol–water partition coefficient (Wildman–Crippen LogP) is 8.40. The maximum Gasteiger partial charge on any atom is 0.410 e. The van der Waals surface area contributed by atoms with Gasteiger partial charge in [0, 0.05) is 42.5 Å². The standard InChI is InChI=1S/C42H40ClN5O6S/c1-28-13-18-35-31(27-55(50,51)26-30-14-16-32(43)17-15-30)10-6-11-36(35)39(28)54-40-37(12-7-20-44-40)38-19-21-45-41(47-38)46-33-22-34(52-2)24-48(23-33)42(49)53-25-29-8-4-3-5-9-29/h3-21,33-34H,22-27H2,1-2H3,(H,45,46,47). The zero-order chi connectivity index (χ0) is 38.4. The van der Waals surface area contributed by atoms with Crippen LogP contribution in [0, 0.1) is 6.92 Å². The fourth-order valence-electron chi connectivity index (χ4n) is 6.70. The van der Waals surface area contributed by atoms with Crippen LogP contribution in [-0.2, 0) is 37.4 Å². The van der Waals surface area contributed by atoms with Crippen LogP contribution in [-0.4, -0.2) is 66.7 Å². The molecule has 1 amide bonds. The zero-order valence-electron chi connectivity index (χ0n) is 30.4. The van der Waals surface area contributed by atoms with Crippen molar-refractivity contribution in [1.82, 2.24) is 19.9 Å². The topological polar surface area (TPSA) is 133 Å². The number of anilines is 1. The smallest absolute Gasteiger partial charge is 0.410 e. The molecule has 2 unspecified atom stereocenters. The Labute approximate surface area is 325 Å². The third-order valence-corrected chi connectivity index (χ3v) is 11.2. The lowest BCUT2D eigenvalue weighted by molar-refractivity contribution is 0.0180. The van der Waals surface area contributed by atoms with Crippen molar-refractivity contribution in [2.24, 2.45) is 0 Å². The number of amides is 1. The molecule has 1 aliphatic heterocycles. The molecule has 1 N–H and O–H groups in total. The number of sulfone groups is 1. The number of hydrogen-bond acceptors (Lipinski definition) is 10. The van der Waals surface area contributed by atoms with Crippen LogP contribution in [0.4, 0.5) is 10.7 Å². The molecule has 7 rings (SSSR count). The number of ether oxygens (including phenoxy) is 3. The molecule has 1 aliphatic rings. The van der Waals surface area contributed by atoms with Crippen LogP contribution in [0.3, 0.4) is 0 Å². The summed E-state index contributed by atoms with van der Waals surface area (Å²) < 4.78 is 44.5. The molecule has 0 spiro atoms. The van der Waals surface area contributed by atoms with Crippen LogP contribution in [0.15, 0.2) is 116 Å². The molecule has 0 radical (unpaired) electrons. The van der Waals surface area contributed by atoms with Gasteiger partial charge in [-0.05, 0) is 71.3 Å². The van der Waals surface area contributed by atoms with Crippen molar-refractivity contribution in [3.05, 3.63) is 143 Å². The van der Waals surface area contributed by atoms with Gasteiger partial charge < -0.3 is 24.4 Å². The molecule has 55 heavy (non-hydrogen) atoms. The number of fused-ring (bicyclic) bond motifs is 1. The van der Waals surface area contributed by atoms with Crippen molar-refractivity contribution in [3.8, 4) is 22.9 Å². The molecule has 2 atom stereocenters. The number of piperidine rings is 1. The van der Waals surface area contributed by atoms with E-state index in [0.717, 1.165) is 21.9 Å². The first-order chi connectivity index (χ1) is 26.6. The van der Waals surface area contributed by atoms with Gasteiger partial charge in [0.05, 0.1) is 35.4 Å². The number of carbonyl (C=O) groups excluding carboxylic acids is 1. The highest BCUT2D eigenvalue weighted by molar-refractivity contribution is 7.89. The molecule has 6 aromatic rings. The van der Waals surface area contributed by atoms with E-state index in [1.807, 2.05) is 73.7 Å². The first-order valence-corrected chi connectivity index (χ1v) is 20.0. The molecule has 3 heterocycles.